The zero-order chi connectivity index (χ0) is 59.9. The van der Waals surface area contributed by atoms with Crippen LogP contribution in [0, 0.1) is 0 Å². The summed E-state index contributed by atoms with van der Waals surface area (Å²) in [6, 6.07) is 0. The molecule has 0 radical (unpaired) electrons. The number of hydrogen-bond acceptors (Lipinski definition) is 6. The van der Waals surface area contributed by atoms with Crippen molar-refractivity contribution in [3.05, 3.63) is 72.9 Å². The lowest BCUT2D eigenvalue weighted by Crippen LogP contribution is -2.30. The molecule has 0 aliphatic heterocycles. The summed E-state index contributed by atoms with van der Waals surface area (Å²) in [5.41, 5.74) is 0. The van der Waals surface area contributed by atoms with Gasteiger partial charge in [-0.05, 0) is 70.6 Å². The molecule has 482 valence electrons. The van der Waals surface area contributed by atoms with Crippen molar-refractivity contribution in [2.45, 2.75) is 386 Å². The standard InChI is InChI=1S/C77H138O6/c1-4-7-10-13-16-19-22-25-27-29-31-33-34-35-36-37-38-39-40-41-42-43-45-46-48-50-52-55-58-61-64-67-70-76(79)82-73-74(72-81-75(78)69-66-63-60-57-54-24-21-18-15-12-9-6-3)83-77(80)71-68-65-62-59-56-53-51-49-47-44-32-30-28-26-23-20-17-14-11-8-5-2/h8,11,17,20,26,28,32,44,49,51,56,59,74H,4-7,9-10,12-16,18-19,21-25,27,29-31,33-43,45-48,50,52-55,57-58,60-73H2,1-3H3/b11-8-,20-17-,28-26-,44-32-,51-49-,59-56-. The molecule has 1 unspecified atom stereocenters. The second-order valence-electron chi connectivity index (χ2n) is 24.5. The van der Waals surface area contributed by atoms with Crippen LogP contribution in [0.3, 0.4) is 0 Å². The van der Waals surface area contributed by atoms with E-state index in [-0.39, 0.29) is 37.5 Å². The van der Waals surface area contributed by atoms with Gasteiger partial charge in [-0.3, -0.25) is 14.4 Å². The first-order valence-electron chi connectivity index (χ1n) is 36.4. The highest BCUT2D eigenvalue weighted by Crippen LogP contribution is 2.19. The van der Waals surface area contributed by atoms with Crippen molar-refractivity contribution >= 4 is 17.9 Å². The van der Waals surface area contributed by atoms with E-state index in [0.717, 1.165) is 89.9 Å². The van der Waals surface area contributed by atoms with Crippen molar-refractivity contribution in [1.82, 2.24) is 0 Å². The number of ether oxygens (including phenoxy) is 3. The molecule has 0 saturated carbocycles. The first kappa shape index (κ1) is 79.8. The van der Waals surface area contributed by atoms with E-state index >= 15 is 0 Å². The largest absolute Gasteiger partial charge is 0.462 e. The molecule has 0 amide bonds. The average molecular weight is 1160 g/mol. The fourth-order valence-corrected chi connectivity index (χ4v) is 10.8. The topological polar surface area (TPSA) is 78.9 Å². The number of allylic oxidation sites excluding steroid dienone is 12. The Labute approximate surface area is 516 Å². The highest BCUT2D eigenvalue weighted by molar-refractivity contribution is 5.71. The van der Waals surface area contributed by atoms with Gasteiger partial charge in [0.15, 0.2) is 6.10 Å². The maximum atomic E-state index is 12.9. The molecule has 0 bridgehead atoms. The van der Waals surface area contributed by atoms with Crippen molar-refractivity contribution in [1.29, 1.82) is 0 Å². The molecule has 6 nitrogen and oxygen atoms in total. The van der Waals surface area contributed by atoms with Crippen molar-refractivity contribution < 1.29 is 28.6 Å². The predicted octanol–water partition coefficient (Wildman–Crippen LogP) is 25.2. The van der Waals surface area contributed by atoms with Gasteiger partial charge in [0.2, 0.25) is 0 Å². The first-order valence-corrected chi connectivity index (χ1v) is 36.4. The van der Waals surface area contributed by atoms with Crippen LogP contribution >= 0.6 is 0 Å². The molecule has 0 N–H and O–H groups in total. The third kappa shape index (κ3) is 69.5. The quantitative estimate of drug-likeness (QED) is 0.0261. The fraction of sp³-hybridized carbons (Fsp3) is 0.805. The number of hydrogen-bond donors (Lipinski definition) is 0. The van der Waals surface area contributed by atoms with E-state index in [0.29, 0.717) is 19.3 Å². The summed E-state index contributed by atoms with van der Waals surface area (Å²) >= 11 is 0. The van der Waals surface area contributed by atoms with Gasteiger partial charge < -0.3 is 14.2 Å². The van der Waals surface area contributed by atoms with Gasteiger partial charge in [0, 0.05) is 19.3 Å². The molecule has 0 aliphatic carbocycles. The minimum Gasteiger partial charge on any atom is -0.462 e. The number of carbonyl (C=O) groups is 3. The summed E-state index contributed by atoms with van der Waals surface area (Å²) < 4.78 is 16.9. The fourth-order valence-electron chi connectivity index (χ4n) is 10.8. The lowest BCUT2D eigenvalue weighted by molar-refractivity contribution is -0.167. The van der Waals surface area contributed by atoms with E-state index in [4.69, 9.17) is 14.2 Å². The van der Waals surface area contributed by atoms with Gasteiger partial charge in [-0.2, -0.15) is 0 Å². The Morgan fingerprint density at radius 1 is 0.253 bits per heavy atom. The van der Waals surface area contributed by atoms with Crippen molar-refractivity contribution in [2.24, 2.45) is 0 Å². The normalized spacial score (nSPS) is 12.5. The molecule has 0 aromatic heterocycles. The first-order chi connectivity index (χ1) is 41.0. The average Bonchev–Trinajstić information content (AvgIpc) is 3.49. The number of rotatable bonds is 67. The maximum absolute atomic E-state index is 12.9. The Hall–Kier alpha value is -3.15. The zero-order valence-corrected chi connectivity index (χ0v) is 55.5. The third-order valence-electron chi connectivity index (χ3n) is 16.2. The van der Waals surface area contributed by atoms with E-state index < -0.39 is 6.10 Å². The highest BCUT2D eigenvalue weighted by atomic mass is 16.6. The van der Waals surface area contributed by atoms with Gasteiger partial charge in [0.1, 0.15) is 13.2 Å². The Morgan fingerprint density at radius 2 is 0.470 bits per heavy atom. The summed E-state index contributed by atoms with van der Waals surface area (Å²) in [6.45, 7) is 6.54. The van der Waals surface area contributed by atoms with E-state index in [9.17, 15) is 14.4 Å². The van der Waals surface area contributed by atoms with Crippen LogP contribution in [0.5, 0.6) is 0 Å². The van der Waals surface area contributed by atoms with Crippen LogP contribution in [0.25, 0.3) is 0 Å². The minimum atomic E-state index is -0.797. The molecule has 0 spiro atoms. The molecule has 0 aromatic carbocycles. The van der Waals surface area contributed by atoms with Crippen LogP contribution in [0.15, 0.2) is 72.9 Å². The van der Waals surface area contributed by atoms with Crippen LogP contribution < -0.4 is 0 Å². The molecule has 0 rings (SSSR count). The van der Waals surface area contributed by atoms with E-state index in [2.05, 4.69) is 93.7 Å². The SMILES string of the molecule is CC/C=C\C/C=C\C/C=C\C/C=C\C/C=C\C/C=C\CCCCC(=O)OC(COC(=O)CCCCCCCCCCCCCC)COC(=O)CCCCCCCCCCCCCCCCCCCCCCCCCCCCCCCCCC. The summed E-state index contributed by atoms with van der Waals surface area (Å²) in [5, 5.41) is 0. The minimum absolute atomic E-state index is 0.0887. The number of carbonyl (C=O) groups excluding carboxylic acids is 3. The predicted molar refractivity (Wildman–Crippen MR) is 362 cm³/mol. The van der Waals surface area contributed by atoms with Crippen LogP contribution in [-0.4, -0.2) is 37.2 Å². The summed E-state index contributed by atoms with van der Waals surface area (Å²) in [5.74, 6) is -0.912. The van der Waals surface area contributed by atoms with E-state index in [1.54, 1.807) is 0 Å². The second-order valence-corrected chi connectivity index (χ2v) is 24.5. The molecule has 0 aliphatic rings. The van der Waals surface area contributed by atoms with Crippen molar-refractivity contribution in [3.8, 4) is 0 Å². The molecular weight excluding hydrogens is 1020 g/mol. The van der Waals surface area contributed by atoms with Crippen LogP contribution in [0.4, 0.5) is 0 Å². The van der Waals surface area contributed by atoms with Gasteiger partial charge in [-0.15, -0.1) is 0 Å². The van der Waals surface area contributed by atoms with Crippen LogP contribution in [0.1, 0.15) is 380 Å². The van der Waals surface area contributed by atoms with Crippen molar-refractivity contribution in [3.63, 3.8) is 0 Å². The van der Waals surface area contributed by atoms with Gasteiger partial charge in [0.25, 0.3) is 0 Å². The van der Waals surface area contributed by atoms with Gasteiger partial charge in [-0.1, -0.05) is 363 Å². The summed E-state index contributed by atoms with van der Waals surface area (Å²) in [7, 11) is 0. The zero-order valence-electron chi connectivity index (χ0n) is 55.5. The smallest absolute Gasteiger partial charge is 0.306 e. The summed E-state index contributed by atoms with van der Waals surface area (Å²) in [4.78, 5) is 38.4. The second kappa shape index (κ2) is 71.3. The maximum Gasteiger partial charge on any atom is 0.306 e. The lowest BCUT2D eigenvalue weighted by atomic mass is 10.0. The van der Waals surface area contributed by atoms with Gasteiger partial charge in [-0.25, -0.2) is 0 Å². The highest BCUT2D eigenvalue weighted by Gasteiger charge is 2.19. The van der Waals surface area contributed by atoms with Crippen LogP contribution in [-0.2, 0) is 28.6 Å². The Morgan fingerprint density at radius 3 is 0.735 bits per heavy atom. The van der Waals surface area contributed by atoms with E-state index in [1.165, 1.54) is 244 Å². The molecular formula is C77H138O6. The molecule has 0 heterocycles. The van der Waals surface area contributed by atoms with E-state index in [1.807, 2.05) is 0 Å². The van der Waals surface area contributed by atoms with Crippen LogP contribution in [0.2, 0.25) is 0 Å². The Bertz CT molecular complexity index is 1520. The molecule has 1 atom stereocenters. The van der Waals surface area contributed by atoms with Crippen molar-refractivity contribution in [2.75, 3.05) is 13.2 Å². The summed E-state index contributed by atoms with van der Waals surface area (Å²) in [6.07, 6.45) is 93.9. The monoisotopic (exact) mass is 1160 g/mol. The Kier molecular flexibility index (Phi) is 68.6. The van der Waals surface area contributed by atoms with Gasteiger partial charge >= 0.3 is 17.9 Å². The lowest BCUT2D eigenvalue weighted by Gasteiger charge is -2.18. The molecule has 0 fully saturated rings. The molecule has 0 aromatic rings. The van der Waals surface area contributed by atoms with Gasteiger partial charge in [0.05, 0.1) is 0 Å². The molecule has 83 heavy (non-hydrogen) atoms. The molecule has 6 heteroatoms. The third-order valence-corrected chi connectivity index (χ3v) is 16.2. The number of unbranched alkanes of at least 4 members (excludes halogenated alkanes) is 44. The number of esters is 3. The molecule has 0 saturated heterocycles. The Balaban J connectivity index is 4.19.